The van der Waals surface area contributed by atoms with Crippen molar-refractivity contribution in [2.24, 2.45) is 0 Å². The third-order valence-electron chi connectivity index (χ3n) is 3.17. The van der Waals surface area contributed by atoms with Crippen LogP contribution in [0.25, 0.3) is 11.1 Å². The summed E-state index contributed by atoms with van der Waals surface area (Å²) in [6, 6.07) is 5.63. The molecule has 1 amide bonds. The number of hydrogen-bond donors (Lipinski definition) is 1. The minimum Gasteiger partial charge on any atom is -0.493 e. The maximum atomic E-state index is 12.0. The normalized spacial score (nSPS) is 10.4. The highest BCUT2D eigenvalue weighted by Gasteiger charge is 2.13. The average Bonchev–Trinajstić information content (AvgIpc) is 2.96. The first-order valence-corrected chi connectivity index (χ1v) is 7.21. The molecule has 0 saturated heterocycles. The SMILES string of the molecule is CCCn1cc(-c2ccc(OCC)c(C(=O)NC)c2)cn1. The fourth-order valence-electron chi connectivity index (χ4n) is 2.17. The Morgan fingerprint density at radius 2 is 2.14 bits per heavy atom. The number of hydrogen-bond acceptors (Lipinski definition) is 3. The second-order valence-electron chi connectivity index (χ2n) is 4.72. The molecule has 1 heterocycles. The summed E-state index contributed by atoms with van der Waals surface area (Å²) in [7, 11) is 1.62. The maximum absolute atomic E-state index is 12.0. The molecular weight excluding hydrogens is 266 g/mol. The van der Waals surface area contributed by atoms with Gasteiger partial charge in [0.05, 0.1) is 18.4 Å². The zero-order chi connectivity index (χ0) is 15.2. The number of ether oxygens (including phenoxy) is 1. The first kappa shape index (κ1) is 15.1. The van der Waals surface area contributed by atoms with Gasteiger partial charge in [-0.25, -0.2) is 0 Å². The van der Waals surface area contributed by atoms with Gasteiger partial charge in [0.2, 0.25) is 0 Å². The van der Waals surface area contributed by atoms with E-state index in [1.807, 2.05) is 42.2 Å². The van der Waals surface area contributed by atoms with Crippen LogP contribution in [0.4, 0.5) is 0 Å². The van der Waals surface area contributed by atoms with Gasteiger partial charge in [0.1, 0.15) is 5.75 Å². The number of nitrogens with one attached hydrogen (secondary N) is 1. The van der Waals surface area contributed by atoms with Crippen LogP contribution in [0.3, 0.4) is 0 Å². The lowest BCUT2D eigenvalue weighted by Crippen LogP contribution is -2.19. The van der Waals surface area contributed by atoms with Gasteiger partial charge in [0.25, 0.3) is 5.91 Å². The fourth-order valence-corrected chi connectivity index (χ4v) is 2.17. The molecule has 2 rings (SSSR count). The first-order valence-electron chi connectivity index (χ1n) is 7.21. The highest BCUT2D eigenvalue weighted by Crippen LogP contribution is 2.26. The lowest BCUT2D eigenvalue weighted by Gasteiger charge is -2.10. The molecule has 1 N–H and O–H groups in total. The number of aryl methyl sites for hydroxylation is 1. The molecular formula is C16H21N3O2. The van der Waals surface area contributed by atoms with Crippen molar-refractivity contribution in [2.75, 3.05) is 13.7 Å². The van der Waals surface area contributed by atoms with Crippen LogP contribution in [0.15, 0.2) is 30.6 Å². The Morgan fingerprint density at radius 1 is 1.33 bits per heavy atom. The van der Waals surface area contributed by atoms with E-state index in [1.54, 1.807) is 7.05 Å². The number of carbonyl (C=O) groups excluding carboxylic acids is 1. The number of benzene rings is 1. The molecule has 112 valence electrons. The van der Waals surface area contributed by atoms with Crippen LogP contribution in [0.5, 0.6) is 5.75 Å². The van der Waals surface area contributed by atoms with E-state index in [1.165, 1.54) is 0 Å². The lowest BCUT2D eigenvalue weighted by molar-refractivity contribution is 0.0959. The van der Waals surface area contributed by atoms with Crippen LogP contribution < -0.4 is 10.1 Å². The van der Waals surface area contributed by atoms with E-state index in [2.05, 4.69) is 17.3 Å². The summed E-state index contributed by atoms with van der Waals surface area (Å²) in [4.78, 5) is 12.0. The van der Waals surface area contributed by atoms with Crippen LogP contribution in [0, 0.1) is 0 Å². The Bertz CT molecular complexity index is 620. The van der Waals surface area contributed by atoms with Gasteiger partial charge in [-0.05, 0) is 31.0 Å². The van der Waals surface area contributed by atoms with Crippen molar-refractivity contribution in [3.05, 3.63) is 36.2 Å². The second kappa shape index (κ2) is 6.92. The molecule has 1 aromatic heterocycles. The minimum atomic E-state index is -0.152. The van der Waals surface area contributed by atoms with Crippen LogP contribution in [-0.4, -0.2) is 29.3 Å². The maximum Gasteiger partial charge on any atom is 0.254 e. The number of nitrogens with zero attached hydrogens (tertiary/aromatic N) is 2. The predicted molar refractivity (Wildman–Crippen MR) is 82.5 cm³/mol. The summed E-state index contributed by atoms with van der Waals surface area (Å²) in [5.41, 5.74) is 2.50. The molecule has 0 aliphatic heterocycles. The summed E-state index contributed by atoms with van der Waals surface area (Å²) in [5.74, 6) is 0.447. The predicted octanol–water partition coefficient (Wildman–Crippen LogP) is 2.72. The van der Waals surface area contributed by atoms with Gasteiger partial charge in [0.15, 0.2) is 0 Å². The van der Waals surface area contributed by atoms with Crippen molar-refractivity contribution >= 4 is 5.91 Å². The third kappa shape index (κ3) is 3.42. The molecule has 0 fully saturated rings. The van der Waals surface area contributed by atoms with Crippen molar-refractivity contribution in [1.82, 2.24) is 15.1 Å². The second-order valence-corrected chi connectivity index (χ2v) is 4.72. The van der Waals surface area contributed by atoms with Gasteiger partial charge in [0, 0.05) is 25.4 Å². The molecule has 0 radical (unpaired) electrons. The van der Waals surface area contributed by atoms with E-state index in [0.717, 1.165) is 24.1 Å². The van der Waals surface area contributed by atoms with E-state index in [9.17, 15) is 4.79 Å². The van der Waals surface area contributed by atoms with Crippen LogP contribution in [0.2, 0.25) is 0 Å². The molecule has 21 heavy (non-hydrogen) atoms. The molecule has 0 unspecified atom stereocenters. The van der Waals surface area contributed by atoms with Crippen molar-refractivity contribution < 1.29 is 9.53 Å². The molecule has 0 bridgehead atoms. The molecule has 5 heteroatoms. The number of rotatable bonds is 6. The average molecular weight is 287 g/mol. The summed E-state index contributed by atoms with van der Waals surface area (Å²) in [5, 5.41) is 6.97. The zero-order valence-corrected chi connectivity index (χ0v) is 12.7. The molecule has 5 nitrogen and oxygen atoms in total. The van der Waals surface area contributed by atoms with Gasteiger partial charge in [-0.15, -0.1) is 0 Å². The Hall–Kier alpha value is -2.30. The highest BCUT2D eigenvalue weighted by molar-refractivity contribution is 5.98. The van der Waals surface area contributed by atoms with E-state index < -0.39 is 0 Å². The van der Waals surface area contributed by atoms with Crippen molar-refractivity contribution in [3.8, 4) is 16.9 Å². The fraction of sp³-hybridized carbons (Fsp3) is 0.375. The molecule has 0 saturated carbocycles. The van der Waals surface area contributed by atoms with Gasteiger partial charge in [-0.1, -0.05) is 13.0 Å². The quantitative estimate of drug-likeness (QED) is 0.888. The van der Waals surface area contributed by atoms with Crippen molar-refractivity contribution in [1.29, 1.82) is 0 Å². The zero-order valence-electron chi connectivity index (χ0n) is 12.7. The smallest absolute Gasteiger partial charge is 0.254 e. The first-order chi connectivity index (χ1) is 10.2. The van der Waals surface area contributed by atoms with E-state index >= 15 is 0 Å². The monoisotopic (exact) mass is 287 g/mol. The van der Waals surface area contributed by atoms with E-state index in [4.69, 9.17) is 4.74 Å². The van der Waals surface area contributed by atoms with Crippen molar-refractivity contribution in [2.45, 2.75) is 26.8 Å². The van der Waals surface area contributed by atoms with Crippen molar-refractivity contribution in [3.63, 3.8) is 0 Å². The summed E-state index contributed by atoms with van der Waals surface area (Å²) >= 11 is 0. The van der Waals surface area contributed by atoms with Gasteiger partial charge < -0.3 is 10.1 Å². The minimum absolute atomic E-state index is 0.152. The highest BCUT2D eigenvalue weighted by atomic mass is 16.5. The Labute approximate surface area is 124 Å². The topological polar surface area (TPSA) is 56.1 Å². The summed E-state index contributed by atoms with van der Waals surface area (Å²) in [6.07, 6.45) is 4.85. The summed E-state index contributed by atoms with van der Waals surface area (Å²) in [6.45, 7) is 5.43. The number of carbonyl (C=O) groups is 1. The molecule has 2 aromatic rings. The third-order valence-corrected chi connectivity index (χ3v) is 3.17. The molecule has 0 aliphatic carbocycles. The number of amides is 1. The van der Waals surface area contributed by atoms with Gasteiger partial charge in [-0.3, -0.25) is 9.48 Å². The van der Waals surface area contributed by atoms with E-state index in [-0.39, 0.29) is 5.91 Å². The Kier molecular flexibility index (Phi) is 4.98. The molecule has 1 aromatic carbocycles. The molecule has 0 spiro atoms. The van der Waals surface area contributed by atoms with Crippen LogP contribution in [0.1, 0.15) is 30.6 Å². The lowest BCUT2D eigenvalue weighted by atomic mass is 10.0. The standard InChI is InChI=1S/C16H21N3O2/c1-4-8-19-11-13(10-18-19)12-6-7-15(21-5-2)14(9-12)16(20)17-3/h6-7,9-11H,4-5,8H2,1-3H3,(H,17,20). The molecule has 0 atom stereocenters. The van der Waals surface area contributed by atoms with Gasteiger partial charge >= 0.3 is 0 Å². The largest absolute Gasteiger partial charge is 0.493 e. The Balaban J connectivity index is 2.37. The van der Waals surface area contributed by atoms with E-state index in [0.29, 0.717) is 17.9 Å². The van der Waals surface area contributed by atoms with Gasteiger partial charge in [-0.2, -0.15) is 5.10 Å². The number of aromatic nitrogens is 2. The van der Waals surface area contributed by atoms with Crippen LogP contribution >= 0.6 is 0 Å². The van der Waals surface area contributed by atoms with Crippen LogP contribution in [-0.2, 0) is 6.54 Å². The Morgan fingerprint density at radius 3 is 2.81 bits per heavy atom. The molecule has 0 aliphatic rings. The summed E-state index contributed by atoms with van der Waals surface area (Å²) < 4.78 is 7.42.